The van der Waals surface area contributed by atoms with Gasteiger partial charge in [-0.3, -0.25) is 4.72 Å². The molecule has 0 atom stereocenters. The van der Waals surface area contributed by atoms with Gasteiger partial charge in [0.05, 0.1) is 5.02 Å². The molecule has 3 N–H and O–H groups in total. The number of benzene rings is 1. The van der Waals surface area contributed by atoms with Crippen LogP contribution >= 0.6 is 23.2 Å². The Morgan fingerprint density at radius 1 is 1.33 bits per heavy atom. The summed E-state index contributed by atoms with van der Waals surface area (Å²) in [6, 6.07) is 5.25. The minimum atomic E-state index is -4.23. The van der Waals surface area contributed by atoms with Crippen molar-refractivity contribution in [3.8, 4) is 0 Å². The van der Waals surface area contributed by atoms with Gasteiger partial charge in [0.25, 0.3) is 10.0 Å². The summed E-state index contributed by atoms with van der Waals surface area (Å²) in [6.45, 7) is -0.181. The van der Waals surface area contributed by atoms with E-state index in [0.29, 0.717) is 0 Å². The molecule has 0 fully saturated rings. The molecule has 0 saturated heterocycles. The van der Waals surface area contributed by atoms with E-state index in [4.69, 9.17) is 28.9 Å². The number of sulfonamides is 1. The van der Waals surface area contributed by atoms with Gasteiger partial charge in [0, 0.05) is 23.3 Å². The maximum atomic E-state index is 14.1. The van der Waals surface area contributed by atoms with E-state index >= 15 is 0 Å². The van der Waals surface area contributed by atoms with Crippen molar-refractivity contribution in [1.82, 2.24) is 4.98 Å². The third-order valence-corrected chi connectivity index (χ3v) is 4.44. The summed E-state index contributed by atoms with van der Waals surface area (Å²) < 4.78 is 40.7. The molecule has 21 heavy (non-hydrogen) atoms. The van der Waals surface area contributed by atoms with E-state index in [1.165, 1.54) is 24.4 Å². The lowest BCUT2D eigenvalue weighted by Gasteiger charge is -2.11. The first-order valence-corrected chi connectivity index (χ1v) is 7.90. The monoisotopic (exact) mass is 349 g/mol. The molecule has 0 spiro atoms. The minimum Gasteiger partial charge on any atom is -0.326 e. The summed E-state index contributed by atoms with van der Waals surface area (Å²) >= 11 is 11.6. The highest BCUT2D eigenvalue weighted by Gasteiger charge is 2.23. The number of nitrogens with two attached hydrogens (primary N) is 1. The third-order valence-electron chi connectivity index (χ3n) is 2.58. The lowest BCUT2D eigenvalue weighted by atomic mass is 10.2. The van der Waals surface area contributed by atoms with E-state index in [-0.39, 0.29) is 28.0 Å². The highest BCUT2D eigenvalue weighted by molar-refractivity contribution is 7.92. The molecule has 0 aliphatic carbocycles. The van der Waals surface area contributed by atoms with Gasteiger partial charge >= 0.3 is 0 Å². The highest BCUT2D eigenvalue weighted by Crippen LogP contribution is 2.27. The van der Waals surface area contributed by atoms with Crippen molar-refractivity contribution in [3.63, 3.8) is 0 Å². The minimum absolute atomic E-state index is 0.00464. The molecule has 0 aliphatic heterocycles. The predicted molar refractivity (Wildman–Crippen MR) is 79.4 cm³/mol. The second-order valence-electron chi connectivity index (χ2n) is 4.02. The number of nitrogens with zero attached hydrogens (tertiary/aromatic N) is 1. The molecule has 5 nitrogen and oxygen atoms in total. The summed E-state index contributed by atoms with van der Waals surface area (Å²) in [5.74, 6) is -1.06. The van der Waals surface area contributed by atoms with E-state index in [9.17, 15) is 12.8 Å². The summed E-state index contributed by atoms with van der Waals surface area (Å²) in [7, 11) is -4.23. The summed E-state index contributed by atoms with van der Waals surface area (Å²) in [4.78, 5) is 3.17. The van der Waals surface area contributed by atoms with Crippen molar-refractivity contribution < 1.29 is 12.8 Å². The lowest BCUT2D eigenvalue weighted by Crippen LogP contribution is -2.17. The lowest BCUT2D eigenvalue weighted by molar-refractivity contribution is 0.561. The van der Waals surface area contributed by atoms with Crippen LogP contribution in [-0.4, -0.2) is 13.4 Å². The zero-order valence-electron chi connectivity index (χ0n) is 10.5. The number of pyridine rings is 1. The van der Waals surface area contributed by atoms with Gasteiger partial charge in [-0.15, -0.1) is 0 Å². The van der Waals surface area contributed by atoms with Crippen LogP contribution in [0.1, 0.15) is 5.56 Å². The molecular formula is C12H10Cl2FN3O2S. The number of aromatic nitrogens is 1. The SMILES string of the molecule is NCc1cc(Cl)cc(S(=O)(=O)Nc2ncccc2Cl)c1F. The maximum Gasteiger partial charge on any atom is 0.266 e. The van der Waals surface area contributed by atoms with Crippen LogP contribution in [-0.2, 0) is 16.6 Å². The van der Waals surface area contributed by atoms with Gasteiger partial charge in [0.1, 0.15) is 10.7 Å². The predicted octanol–water partition coefficient (Wildman–Crippen LogP) is 2.79. The average Bonchev–Trinajstić information content (AvgIpc) is 2.43. The molecule has 1 aromatic heterocycles. The van der Waals surface area contributed by atoms with Gasteiger partial charge in [-0.25, -0.2) is 17.8 Å². The molecule has 0 saturated carbocycles. The molecule has 2 aromatic rings. The highest BCUT2D eigenvalue weighted by atomic mass is 35.5. The molecule has 1 aromatic carbocycles. The largest absolute Gasteiger partial charge is 0.326 e. The van der Waals surface area contributed by atoms with Crippen molar-refractivity contribution in [2.45, 2.75) is 11.4 Å². The topological polar surface area (TPSA) is 85.1 Å². The Morgan fingerprint density at radius 3 is 2.67 bits per heavy atom. The third kappa shape index (κ3) is 3.44. The van der Waals surface area contributed by atoms with E-state index in [2.05, 4.69) is 9.71 Å². The molecule has 0 radical (unpaired) electrons. The molecule has 0 bridgehead atoms. The first-order valence-electron chi connectivity index (χ1n) is 5.66. The van der Waals surface area contributed by atoms with Crippen LogP contribution in [0.2, 0.25) is 10.0 Å². The Labute approximate surface area is 130 Å². The van der Waals surface area contributed by atoms with Crippen LogP contribution in [0.25, 0.3) is 0 Å². The molecule has 0 aliphatic rings. The molecule has 0 amide bonds. The van der Waals surface area contributed by atoms with Crippen molar-refractivity contribution in [2.24, 2.45) is 5.73 Å². The fraction of sp³-hybridized carbons (Fsp3) is 0.0833. The Kier molecular flexibility index (Phi) is 4.67. The van der Waals surface area contributed by atoms with Crippen LogP contribution in [0, 0.1) is 5.82 Å². The van der Waals surface area contributed by atoms with Crippen LogP contribution in [0.3, 0.4) is 0 Å². The van der Waals surface area contributed by atoms with Gasteiger partial charge in [-0.1, -0.05) is 23.2 Å². The van der Waals surface area contributed by atoms with Gasteiger partial charge in [0.15, 0.2) is 5.82 Å². The smallest absolute Gasteiger partial charge is 0.266 e. The molecule has 1 heterocycles. The quantitative estimate of drug-likeness (QED) is 0.888. The van der Waals surface area contributed by atoms with E-state index in [1.807, 2.05) is 0 Å². The van der Waals surface area contributed by atoms with E-state index < -0.39 is 20.7 Å². The molecule has 9 heteroatoms. The number of hydrogen-bond acceptors (Lipinski definition) is 4. The zero-order chi connectivity index (χ0) is 15.6. The Balaban J connectivity index is 2.50. The summed E-state index contributed by atoms with van der Waals surface area (Å²) in [5, 5.41) is 0.145. The standard InChI is InChI=1S/C12H10Cl2FN3O2S/c13-8-4-7(6-16)11(15)10(5-8)21(19,20)18-12-9(14)2-1-3-17-12/h1-5H,6,16H2,(H,17,18). The second-order valence-corrected chi connectivity index (χ2v) is 6.51. The average molecular weight is 350 g/mol. The summed E-state index contributed by atoms with van der Waals surface area (Å²) in [5.41, 5.74) is 5.36. The maximum absolute atomic E-state index is 14.1. The Hall–Kier alpha value is -1.41. The Bertz CT molecular complexity index is 784. The van der Waals surface area contributed by atoms with Crippen molar-refractivity contribution in [1.29, 1.82) is 0 Å². The van der Waals surface area contributed by atoms with Crippen LogP contribution in [0.4, 0.5) is 10.2 Å². The number of anilines is 1. The fourth-order valence-corrected chi connectivity index (χ4v) is 3.31. The van der Waals surface area contributed by atoms with Gasteiger partial charge < -0.3 is 5.73 Å². The van der Waals surface area contributed by atoms with Gasteiger partial charge in [-0.2, -0.15) is 0 Å². The van der Waals surface area contributed by atoms with Crippen LogP contribution in [0.5, 0.6) is 0 Å². The first-order chi connectivity index (χ1) is 9.85. The van der Waals surface area contributed by atoms with Gasteiger partial charge in [-0.05, 0) is 24.3 Å². The Morgan fingerprint density at radius 2 is 2.05 bits per heavy atom. The molecule has 0 unspecified atom stereocenters. The van der Waals surface area contributed by atoms with Crippen LogP contribution < -0.4 is 10.5 Å². The molecule has 2 rings (SSSR count). The molecule has 112 valence electrons. The zero-order valence-corrected chi connectivity index (χ0v) is 12.8. The van der Waals surface area contributed by atoms with E-state index in [0.717, 1.165) is 6.07 Å². The number of nitrogens with one attached hydrogen (secondary N) is 1. The summed E-state index contributed by atoms with van der Waals surface area (Å²) in [6.07, 6.45) is 1.35. The fourth-order valence-electron chi connectivity index (χ4n) is 1.61. The van der Waals surface area contributed by atoms with E-state index in [1.54, 1.807) is 0 Å². The number of rotatable bonds is 4. The normalized spacial score (nSPS) is 11.4. The second kappa shape index (κ2) is 6.15. The van der Waals surface area contributed by atoms with Crippen molar-refractivity contribution >= 4 is 39.0 Å². The van der Waals surface area contributed by atoms with Crippen molar-refractivity contribution in [3.05, 3.63) is 51.9 Å². The number of halogens is 3. The van der Waals surface area contributed by atoms with Crippen LogP contribution in [0.15, 0.2) is 35.4 Å². The first kappa shape index (κ1) is 16.0. The molecular weight excluding hydrogens is 340 g/mol. The van der Waals surface area contributed by atoms with Gasteiger partial charge in [0.2, 0.25) is 0 Å². The van der Waals surface area contributed by atoms with Crippen molar-refractivity contribution in [2.75, 3.05) is 4.72 Å². The number of hydrogen-bond donors (Lipinski definition) is 2.